The molecule has 0 amide bonds. The summed E-state index contributed by atoms with van der Waals surface area (Å²) in [6.45, 7) is 2.54. The third-order valence-corrected chi connectivity index (χ3v) is 0.370. The molecule has 3 radical (unpaired) electrons. The molecule has 0 N–H and O–H groups in total. The van der Waals surface area contributed by atoms with Gasteiger partial charge in [0.25, 0.3) is 0 Å². The summed E-state index contributed by atoms with van der Waals surface area (Å²) in [5, 5.41) is 0. The molecule has 0 aliphatic rings. The quantitative estimate of drug-likeness (QED) is 0.333. The van der Waals surface area contributed by atoms with Crippen LogP contribution in [-0.4, -0.2) is 16.8 Å². The normalized spacial score (nSPS) is 5.67. The van der Waals surface area contributed by atoms with Crippen molar-refractivity contribution in [2.24, 2.45) is 0 Å². The van der Waals surface area contributed by atoms with Crippen molar-refractivity contribution in [3.63, 3.8) is 0 Å². The maximum atomic E-state index is 4.57. The molecule has 6 heavy (non-hydrogen) atoms. The van der Waals surface area contributed by atoms with Crippen LogP contribution in [0.2, 0.25) is 0 Å². The van der Waals surface area contributed by atoms with Crippen LogP contribution in [0.5, 0.6) is 0 Å². The Balaban J connectivity index is 2.79. The molecule has 0 unspecified atom stereocenters. The predicted octanol–water partition coefficient (Wildman–Crippen LogP) is 0.110. The molecule has 0 bridgehead atoms. The lowest BCUT2D eigenvalue weighted by Crippen LogP contribution is -1.75. The number of ether oxygens (including phenoxy) is 1. The van der Waals surface area contributed by atoms with Crippen molar-refractivity contribution in [2.75, 3.05) is 6.61 Å². The van der Waals surface area contributed by atoms with Gasteiger partial charge in [-0.15, -0.1) is 0 Å². The van der Waals surface area contributed by atoms with Crippen LogP contribution in [0.15, 0.2) is 0 Å². The number of hydrogen-bond donors (Lipinski definition) is 0. The molecule has 2 heteroatoms. The monoisotopic (exact) mass is 97.0 g/mol. The van der Waals surface area contributed by atoms with Gasteiger partial charge in [0.05, 0.1) is 6.61 Å². The Bertz CT molecular complexity index is 69.4. The van der Waals surface area contributed by atoms with Gasteiger partial charge in [0, 0.05) is 0 Å². The van der Waals surface area contributed by atoms with E-state index in [1.807, 2.05) is 6.92 Å². The van der Waals surface area contributed by atoms with Crippen molar-refractivity contribution in [1.82, 2.24) is 0 Å². The molecular formula is C4H5OSi. The second-order valence-corrected chi connectivity index (χ2v) is 0.910. The fraction of sp³-hybridized carbons (Fsp3) is 0.500. The van der Waals surface area contributed by atoms with E-state index in [1.165, 1.54) is 0 Å². The van der Waals surface area contributed by atoms with Crippen LogP contribution >= 0.6 is 0 Å². The summed E-state index contributed by atoms with van der Waals surface area (Å²) in [6, 6.07) is 0. The molecule has 0 atom stereocenters. The Labute approximate surface area is 41.1 Å². The summed E-state index contributed by atoms with van der Waals surface area (Å²) in [7, 11) is 2.91. The van der Waals surface area contributed by atoms with Crippen LogP contribution in [0.1, 0.15) is 6.92 Å². The first-order valence-corrected chi connectivity index (χ1v) is 2.20. The number of hydrogen-bond acceptors (Lipinski definition) is 1. The van der Waals surface area contributed by atoms with E-state index in [9.17, 15) is 0 Å². The fourth-order valence-corrected chi connectivity index (χ4v) is 0.180. The lowest BCUT2D eigenvalue weighted by molar-refractivity contribution is 0.299. The van der Waals surface area contributed by atoms with Gasteiger partial charge in [-0.1, -0.05) is 5.54 Å². The Morgan fingerprint density at radius 2 is 2.50 bits per heavy atom. The molecule has 0 heterocycles. The Morgan fingerprint density at radius 3 is 2.67 bits per heavy atom. The molecule has 0 aromatic rings. The van der Waals surface area contributed by atoms with Gasteiger partial charge in [-0.2, -0.15) is 0 Å². The molecular weight excluding hydrogens is 92.1 g/mol. The molecule has 1 nitrogen and oxygen atoms in total. The highest BCUT2D eigenvalue weighted by molar-refractivity contribution is 6.22. The van der Waals surface area contributed by atoms with Crippen LogP contribution in [-0.2, 0) is 4.74 Å². The molecule has 0 aliphatic heterocycles. The molecule has 0 aliphatic carbocycles. The third kappa shape index (κ3) is 3.58. The maximum absolute atomic E-state index is 4.57. The van der Waals surface area contributed by atoms with Gasteiger partial charge >= 0.3 is 0 Å². The van der Waals surface area contributed by atoms with E-state index in [1.54, 1.807) is 0 Å². The van der Waals surface area contributed by atoms with E-state index >= 15 is 0 Å². The topological polar surface area (TPSA) is 9.23 Å². The molecule has 0 spiro atoms. The van der Waals surface area contributed by atoms with E-state index in [2.05, 4.69) is 26.6 Å². The van der Waals surface area contributed by atoms with Gasteiger partial charge in [0.1, 0.15) is 6.11 Å². The fourth-order valence-electron chi connectivity index (χ4n) is 0.108. The summed E-state index contributed by atoms with van der Waals surface area (Å²) < 4.78 is 4.57. The summed E-state index contributed by atoms with van der Waals surface area (Å²) in [6.07, 6.45) is 2.36. The average molecular weight is 97.2 g/mol. The van der Waals surface area contributed by atoms with Crippen molar-refractivity contribution in [3.05, 3.63) is 0 Å². The third-order valence-electron chi connectivity index (χ3n) is 0.268. The van der Waals surface area contributed by atoms with Gasteiger partial charge in [0.15, 0.2) is 10.2 Å². The van der Waals surface area contributed by atoms with Gasteiger partial charge in [-0.3, -0.25) is 0 Å². The standard InChI is InChI=1S/C4H5OSi/c1-2-5-3-4-6/h2H2,1H3. The van der Waals surface area contributed by atoms with Gasteiger partial charge < -0.3 is 4.74 Å². The lowest BCUT2D eigenvalue weighted by Gasteiger charge is -1.81. The zero-order valence-electron chi connectivity index (χ0n) is 3.62. The van der Waals surface area contributed by atoms with Crippen molar-refractivity contribution in [3.8, 4) is 11.7 Å². The van der Waals surface area contributed by atoms with Gasteiger partial charge in [0.2, 0.25) is 0 Å². The minimum absolute atomic E-state index is 0.650. The van der Waals surface area contributed by atoms with Crippen molar-refractivity contribution >= 4 is 10.2 Å². The lowest BCUT2D eigenvalue weighted by atomic mass is 10.9. The first-order chi connectivity index (χ1) is 2.91. The van der Waals surface area contributed by atoms with Crippen molar-refractivity contribution in [1.29, 1.82) is 0 Å². The van der Waals surface area contributed by atoms with E-state index in [-0.39, 0.29) is 0 Å². The second kappa shape index (κ2) is 4.58. The van der Waals surface area contributed by atoms with Gasteiger partial charge in [-0.25, -0.2) is 0 Å². The molecule has 0 fully saturated rings. The second-order valence-electron chi connectivity index (χ2n) is 0.660. The van der Waals surface area contributed by atoms with Crippen LogP contribution in [0.4, 0.5) is 0 Å². The highest BCUT2D eigenvalue weighted by Gasteiger charge is 1.59. The first-order valence-electron chi connectivity index (χ1n) is 1.70. The Morgan fingerprint density at radius 1 is 1.83 bits per heavy atom. The molecule has 0 saturated carbocycles. The van der Waals surface area contributed by atoms with Crippen molar-refractivity contribution in [2.45, 2.75) is 6.92 Å². The van der Waals surface area contributed by atoms with Crippen LogP contribution in [0.25, 0.3) is 0 Å². The highest BCUT2D eigenvalue weighted by atomic mass is 28.1. The SMILES string of the molecule is CCOC#C[Si]. The smallest absolute Gasteiger partial charge is 0.152 e. The van der Waals surface area contributed by atoms with Crippen LogP contribution in [0.3, 0.4) is 0 Å². The largest absolute Gasteiger partial charge is 0.447 e. The maximum Gasteiger partial charge on any atom is 0.152 e. The number of rotatable bonds is 1. The molecule has 0 aromatic carbocycles. The van der Waals surface area contributed by atoms with E-state index in [0.717, 1.165) is 0 Å². The Hall–Kier alpha value is -0.423. The van der Waals surface area contributed by atoms with E-state index < -0.39 is 0 Å². The Kier molecular flexibility index (Phi) is 4.25. The molecule has 0 aromatic heterocycles. The highest BCUT2D eigenvalue weighted by Crippen LogP contribution is 1.60. The summed E-state index contributed by atoms with van der Waals surface area (Å²) in [4.78, 5) is 0. The van der Waals surface area contributed by atoms with E-state index in [0.29, 0.717) is 6.61 Å². The minimum atomic E-state index is 0.650. The molecule has 31 valence electrons. The van der Waals surface area contributed by atoms with Crippen molar-refractivity contribution < 1.29 is 4.74 Å². The summed E-state index contributed by atoms with van der Waals surface area (Å²) in [5.74, 6) is 0. The van der Waals surface area contributed by atoms with Gasteiger partial charge in [-0.05, 0) is 6.92 Å². The van der Waals surface area contributed by atoms with E-state index in [4.69, 9.17) is 0 Å². The summed E-state index contributed by atoms with van der Waals surface area (Å²) in [5.41, 5.74) is 2.40. The zero-order chi connectivity index (χ0) is 4.83. The summed E-state index contributed by atoms with van der Waals surface area (Å²) >= 11 is 0. The predicted molar refractivity (Wildman–Crippen MR) is 25.2 cm³/mol. The van der Waals surface area contributed by atoms with Crippen LogP contribution in [0, 0.1) is 11.7 Å². The molecule has 0 rings (SSSR count). The minimum Gasteiger partial charge on any atom is -0.447 e. The van der Waals surface area contributed by atoms with Crippen LogP contribution < -0.4 is 0 Å². The molecule has 0 saturated heterocycles. The zero-order valence-corrected chi connectivity index (χ0v) is 4.62. The first kappa shape index (κ1) is 5.58. The average Bonchev–Trinajstić information content (AvgIpc) is 1.61.